The Morgan fingerprint density at radius 1 is 1.30 bits per heavy atom. The summed E-state index contributed by atoms with van der Waals surface area (Å²) in [7, 11) is -3.23. The summed E-state index contributed by atoms with van der Waals surface area (Å²) in [5.41, 5.74) is 2.88. The SMILES string of the molecule is CCS(=O)(=O)NCCN(C(C)=O)c1cc(C)ccc1C. The van der Waals surface area contributed by atoms with Crippen molar-refractivity contribution in [3.63, 3.8) is 0 Å². The Kier molecular flexibility index (Phi) is 5.71. The van der Waals surface area contributed by atoms with Crippen LogP contribution in [0.1, 0.15) is 25.0 Å². The third kappa shape index (κ3) is 4.61. The summed E-state index contributed by atoms with van der Waals surface area (Å²) >= 11 is 0. The van der Waals surface area contributed by atoms with E-state index in [2.05, 4.69) is 4.72 Å². The van der Waals surface area contributed by atoms with E-state index in [4.69, 9.17) is 0 Å². The molecule has 0 aliphatic rings. The van der Waals surface area contributed by atoms with Crippen LogP contribution in [0.25, 0.3) is 0 Å². The second kappa shape index (κ2) is 6.85. The van der Waals surface area contributed by atoms with Crippen LogP contribution < -0.4 is 9.62 Å². The summed E-state index contributed by atoms with van der Waals surface area (Å²) in [6, 6.07) is 5.87. The van der Waals surface area contributed by atoms with Gasteiger partial charge in [0.15, 0.2) is 0 Å². The van der Waals surface area contributed by atoms with Crippen LogP contribution in [0.15, 0.2) is 18.2 Å². The second-order valence-corrected chi connectivity index (χ2v) is 6.85. The fraction of sp³-hybridized carbons (Fsp3) is 0.500. The molecule has 1 amide bonds. The molecule has 20 heavy (non-hydrogen) atoms. The van der Waals surface area contributed by atoms with E-state index in [1.165, 1.54) is 6.92 Å². The highest BCUT2D eigenvalue weighted by Gasteiger charge is 2.15. The molecule has 1 N–H and O–H groups in total. The normalized spacial score (nSPS) is 11.4. The van der Waals surface area contributed by atoms with Crippen LogP contribution in [-0.4, -0.2) is 33.2 Å². The smallest absolute Gasteiger partial charge is 0.223 e. The van der Waals surface area contributed by atoms with Gasteiger partial charge in [-0.1, -0.05) is 12.1 Å². The van der Waals surface area contributed by atoms with Gasteiger partial charge in [-0.05, 0) is 38.0 Å². The molecule has 1 aromatic rings. The molecule has 0 unspecified atom stereocenters. The first-order valence-corrected chi connectivity index (χ1v) is 8.24. The van der Waals surface area contributed by atoms with Gasteiger partial charge in [0.2, 0.25) is 15.9 Å². The maximum atomic E-state index is 11.8. The van der Waals surface area contributed by atoms with E-state index in [-0.39, 0.29) is 18.2 Å². The number of rotatable bonds is 6. The molecule has 0 spiro atoms. The van der Waals surface area contributed by atoms with Gasteiger partial charge in [0, 0.05) is 25.7 Å². The molecule has 1 rings (SSSR count). The summed E-state index contributed by atoms with van der Waals surface area (Å²) < 4.78 is 25.3. The number of nitrogens with zero attached hydrogens (tertiary/aromatic N) is 1. The summed E-state index contributed by atoms with van der Waals surface area (Å²) in [6.07, 6.45) is 0. The average Bonchev–Trinajstić information content (AvgIpc) is 2.37. The monoisotopic (exact) mass is 298 g/mol. The van der Waals surface area contributed by atoms with Crippen LogP contribution in [0, 0.1) is 13.8 Å². The lowest BCUT2D eigenvalue weighted by Gasteiger charge is -2.23. The van der Waals surface area contributed by atoms with Crippen molar-refractivity contribution < 1.29 is 13.2 Å². The maximum Gasteiger partial charge on any atom is 0.223 e. The molecule has 0 heterocycles. The maximum absolute atomic E-state index is 11.8. The molecule has 0 radical (unpaired) electrons. The second-order valence-electron chi connectivity index (χ2n) is 4.76. The summed E-state index contributed by atoms with van der Waals surface area (Å²) in [5.74, 6) is -0.0642. The molecular formula is C14H22N2O3S. The molecule has 0 saturated heterocycles. The average molecular weight is 298 g/mol. The number of hydrogen-bond acceptors (Lipinski definition) is 3. The first-order chi connectivity index (χ1) is 9.26. The molecule has 112 valence electrons. The Bertz CT molecular complexity index is 582. The van der Waals surface area contributed by atoms with E-state index in [1.807, 2.05) is 32.0 Å². The summed E-state index contributed by atoms with van der Waals surface area (Å²) in [6.45, 7) is 7.48. The number of benzene rings is 1. The molecule has 0 aromatic heterocycles. The number of amides is 1. The summed E-state index contributed by atoms with van der Waals surface area (Å²) in [4.78, 5) is 13.4. The van der Waals surface area contributed by atoms with Crippen LogP contribution in [0.2, 0.25) is 0 Å². The van der Waals surface area contributed by atoms with E-state index in [0.717, 1.165) is 16.8 Å². The van der Waals surface area contributed by atoms with Crippen LogP contribution in [-0.2, 0) is 14.8 Å². The first-order valence-electron chi connectivity index (χ1n) is 6.59. The van der Waals surface area contributed by atoms with E-state index in [9.17, 15) is 13.2 Å². The highest BCUT2D eigenvalue weighted by molar-refractivity contribution is 7.89. The van der Waals surface area contributed by atoms with Crippen molar-refractivity contribution in [2.45, 2.75) is 27.7 Å². The number of sulfonamides is 1. The molecule has 5 nitrogen and oxygen atoms in total. The Hall–Kier alpha value is -1.40. The fourth-order valence-electron chi connectivity index (χ4n) is 1.87. The zero-order valence-corrected chi connectivity index (χ0v) is 13.3. The first kappa shape index (κ1) is 16.7. The minimum Gasteiger partial charge on any atom is -0.311 e. The van der Waals surface area contributed by atoms with E-state index < -0.39 is 10.0 Å². The number of carbonyl (C=O) groups excluding carboxylic acids is 1. The number of hydrogen-bond donors (Lipinski definition) is 1. The minimum absolute atomic E-state index is 0.0382. The molecule has 1 aromatic carbocycles. The van der Waals surface area contributed by atoms with E-state index in [0.29, 0.717) is 6.54 Å². The van der Waals surface area contributed by atoms with Crippen LogP contribution in [0.5, 0.6) is 0 Å². The van der Waals surface area contributed by atoms with Crippen molar-refractivity contribution in [3.05, 3.63) is 29.3 Å². The van der Waals surface area contributed by atoms with Gasteiger partial charge < -0.3 is 4.90 Å². The Morgan fingerprint density at radius 2 is 1.95 bits per heavy atom. The third-order valence-electron chi connectivity index (χ3n) is 3.07. The van der Waals surface area contributed by atoms with Crippen molar-refractivity contribution in [1.82, 2.24) is 4.72 Å². The standard InChI is InChI=1S/C14H22N2O3S/c1-5-20(18,19)15-8-9-16(13(4)17)14-10-11(2)6-7-12(14)3/h6-7,10,15H,5,8-9H2,1-4H3. The quantitative estimate of drug-likeness (QED) is 0.867. The highest BCUT2D eigenvalue weighted by Crippen LogP contribution is 2.21. The molecule has 6 heteroatoms. The van der Waals surface area contributed by atoms with Gasteiger partial charge in [-0.2, -0.15) is 0 Å². The number of anilines is 1. The van der Waals surface area contributed by atoms with Crippen molar-refractivity contribution in [3.8, 4) is 0 Å². The predicted molar refractivity (Wildman–Crippen MR) is 81.4 cm³/mol. The van der Waals surface area contributed by atoms with E-state index in [1.54, 1.807) is 11.8 Å². The van der Waals surface area contributed by atoms with Crippen LogP contribution in [0.3, 0.4) is 0 Å². The van der Waals surface area contributed by atoms with Gasteiger partial charge in [0.25, 0.3) is 0 Å². The van der Waals surface area contributed by atoms with E-state index >= 15 is 0 Å². The number of carbonyl (C=O) groups is 1. The van der Waals surface area contributed by atoms with Gasteiger partial charge in [0.1, 0.15) is 0 Å². The predicted octanol–water partition coefficient (Wildman–Crippen LogP) is 1.60. The lowest BCUT2D eigenvalue weighted by molar-refractivity contribution is -0.116. The number of aryl methyl sites for hydroxylation is 2. The van der Waals surface area contributed by atoms with Gasteiger partial charge in [0.05, 0.1) is 5.75 Å². The zero-order chi connectivity index (χ0) is 15.3. The lowest BCUT2D eigenvalue weighted by Crippen LogP contribution is -2.38. The Balaban J connectivity index is 2.85. The van der Waals surface area contributed by atoms with Gasteiger partial charge >= 0.3 is 0 Å². The Morgan fingerprint density at radius 3 is 2.50 bits per heavy atom. The van der Waals surface area contributed by atoms with Crippen LogP contribution >= 0.6 is 0 Å². The Labute approximate surface area is 121 Å². The van der Waals surface area contributed by atoms with Crippen LogP contribution in [0.4, 0.5) is 5.69 Å². The van der Waals surface area contributed by atoms with Crippen molar-refractivity contribution >= 4 is 21.6 Å². The van der Waals surface area contributed by atoms with Crippen molar-refractivity contribution in [2.75, 3.05) is 23.7 Å². The van der Waals surface area contributed by atoms with Gasteiger partial charge in [-0.15, -0.1) is 0 Å². The fourth-order valence-corrected chi connectivity index (χ4v) is 2.48. The molecular weight excluding hydrogens is 276 g/mol. The molecule has 0 saturated carbocycles. The molecule has 0 aliphatic carbocycles. The third-order valence-corrected chi connectivity index (χ3v) is 4.48. The molecule has 0 fully saturated rings. The summed E-state index contributed by atoms with van der Waals surface area (Å²) in [5, 5.41) is 0. The van der Waals surface area contributed by atoms with Crippen molar-refractivity contribution in [2.24, 2.45) is 0 Å². The topological polar surface area (TPSA) is 66.5 Å². The number of nitrogens with one attached hydrogen (secondary N) is 1. The van der Waals surface area contributed by atoms with Crippen molar-refractivity contribution in [1.29, 1.82) is 0 Å². The minimum atomic E-state index is -3.23. The molecule has 0 aliphatic heterocycles. The zero-order valence-electron chi connectivity index (χ0n) is 12.4. The van der Waals surface area contributed by atoms with Gasteiger partial charge in [-0.3, -0.25) is 4.79 Å². The lowest BCUT2D eigenvalue weighted by atomic mass is 10.1. The highest BCUT2D eigenvalue weighted by atomic mass is 32.2. The largest absolute Gasteiger partial charge is 0.311 e. The van der Waals surface area contributed by atoms with Gasteiger partial charge in [-0.25, -0.2) is 13.1 Å². The molecule has 0 atom stereocenters. The molecule has 0 bridgehead atoms.